The summed E-state index contributed by atoms with van der Waals surface area (Å²) in [6, 6.07) is 9.58. The molecule has 7 heteroatoms. The largest absolute Gasteiger partial charge is 0.396 e. The standard InChI is InChI=1S/C15H20N4O2S/c1-11(7-8-20)9-16-15(21)17-10-13-18-19-14(22-13)12-5-3-2-4-6-12/h2-6,11,20H,7-10H2,1H3,(H2,16,17,21). The summed E-state index contributed by atoms with van der Waals surface area (Å²) in [5.74, 6) is 0.252. The molecule has 0 spiro atoms. The Morgan fingerprint density at radius 2 is 2.05 bits per heavy atom. The summed E-state index contributed by atoms with van der Waals surface area (Å²) >= 11 is 1.46. The average molecular weight is 320 g/mol. The Labute approximate surface area is 133 Å². The van der Waals surface area contributed by atoms with E-state index in [2.05, 4.69) is 20.8 Å². The Bertz CT molecular complexity index is 588. The predicted octanol–water partition coefficient (Wildman–Crippen LogP) is 2.02. The van der Waals surface area contributed by atoms with Crippen molar-refractivity contribution in [1.29, 1.82) is 0 Å². The van der Waals surface area contributed by atoms with Gasteiger partial charge in [-0.2, -0.15) is 0 Å². The number of rotatable bonds is 7. The molecule has 0 aliphatic rings. The van der Waals surface area contributed by atoms with Crippen LogP contribution < -0.4 is 10.6 Å². The van der Waals surface area contributed by atoms with Crippen LogP contribution in [-0.4, -0.2) is 34.5 Å². The van der Waals surface area contributed by atoms with E-state index < -0.39 is 0 Å². The van der Waals surface area contributed by atoms with Crippen LogP contribution in [0.4, 0.5) is 4.79 Å². The number of carbonyl (C=O) groups excluding carboxylic acids is 1. The number of aliphatic hydroxyl groups excluding tert-OH is 1. The van der Waals surface area contributed by atoms with Crippen molar-refractivity contribution in [3.63, 3.8) is 0 Å². The number of carbonyl (C=O) groups is 1. The number of nitrogens with one attached hydrogen (secondary N) is 2. The molecule has 1 atom stereocenters. The fourth-order valence-corrected chi connectivity index (χ4v) is 2.61. The number of benzene rings is 1. The summed E-state index contributed by atoms with van der Waals surface area (Å²) in [4.78, 5) is 11.7. The first-order valence-electron chi connectivity index (χ1n) is 7.19. The molecule has 2 aromatic rings. The molecule has 0 bridgehead atoms. The number of urea groups is 1. The van der Waals surface area contributed by atoms with Gasteiger partial charge in [-0.15, -0.1) is 10.2 Å². The smallest absolute Gasteiger partial charge is 0.315 e. The molecule has 22 heavy (non-hydrogen) atoms. The monoisotopic (exact) mass is 320 g/mol. The van der Waals surface area contributed by atoms with Crippen molar-refractivity contribution >= 4 is 17.4 Å². The fourth-order valence-electron chi connectivity index (χ4n) is 1.83. The van der Waals surface area contributed by atoms with Gasteiger partial charge in [-0.05, 0) is 12.3 Å². The summed E-state index contributed by atoms with van der Waals surface area (Å²) < 4.78 is 0. The van der Waals surface area contributed by atoms with Crippen LogP contribution in [0.2, 0.25) is 0 Å². The normalized spacial score (nSPS) is 11.9. The second-order valence-corrected chi connectivity index (χ2v) is 6.11. The highest BCUT2D eigenvalue weighted by Gasteiger charge is 2.08. The number of aliphatic hydroxyl groups is 1. The van der Waals surface area contributed by atoms with Crippen LogP contribution in [-0.2, 0) is 6.54 Å². The Kier molecular flexibility index (Phi) is 6.29. The number of aromatic nitrogens is 2. The molecule has 1 aromatic carbocycles. The number of nitrogens with zero attached hydrogens (tertiary/aromatic N) is 2. The summed E-state index contributed by atoms with van der Waals surface area (Å²) in [5, 5.41) is 24.2. The summed E-state index contributed by atoms with van der Waals surface area (Å²) in [5.41, 5.74) is 1.02. The van der Waals surface area contributed by atoms with Gasteiger partial charge in [-0.3, -0.25) is 0 Å². The summed E-state index contributed by atoms with van der Waals surface area (Å²) in [6.45, 7) is 3.01. The Balaban J connectivity index is 1.78. The molecule has 118 valence electrons. The minimum Gasteiger partial charge on any atom is -0.396 e. The third kappa shape index (κ3) is 5.09. The van der Waals surface area contributed by atoms with Crippen molar-refractivity contribution in [2.45, 2.75) is 19.9 Å². The van der Waals surface area contributed by atoms with E-state index in [4.69, 9.17) is 5.11 Å². The minimum absolute atomic E-state index is 0.136. The van der Waals surface area contributed by atoms with Gasteiger partial charge in [0.05, 0.1) is 6.54 Å². The van der Waals surface area contributed by atoms with E-state index in [0.717, 1.165) is 15.6 Å². The number of hydrogen-bond acceptors (Lipinski definition) is 5. The van der Waals surface area contributed by atoms with Crippen molar-refractivity contribution in [2.24, 2.45) is 5.92 Å². The average Bonchev–Trinajstić information content (AvgIpc) is 3.01. The van der Waals surface area contributed by atoms with Crippen molar-refractivity contribution in [1.82, 2.24) is 20.8 Å². The Morgan fingerprint density at radius 3 is 2.77 bits per heavy atom. The highest BCUT2D eigenvalue weighted by atomic mass is 32.1. The zero-order chi connectivity index (χ0) is 15.8. The molecule has 1 heterocycles. The zero-order valence-electron chi connectivity index (χ0n) is 12.5. The van der Waals surface area contributed by atoms with Crippen LogP contribution in [0, 0.1) is 5.92 Å². The molecule has 1 unspecified atom stereocenters. The van der Waals surface area contributed by atoms with Crippen molar-refractivity contribution in [3.05, 3.63) is 35.3 Å². The maximum atomic E-state index is 11.7. The molecule has 6 nitrogen and oxygen atoms in total. The molecular formula is C15H20N4O2S. The van der Waals surface area contributed by atoms with E-state index in [9.17, 15) is 4.79 Å². The summed E-state index contributed by atoms with van der Waals surface area (Å²) in [7, 11) is 0. The lowest BCUT2D eigenvalue weighted by molar-refractivity contribution is 0.233. The van der Waals surface area contributed by atoms with Crippen molar-refractivity contribution in [2.75, 3.05) is 13.2 Å². The fraction of sp³-hybridized carbons (Fsp3) is 0.400. The lowest BCUT2D eigenvalue weighted by Crippen LogP contribution is -2.37. The van der Waals surface area contributed by atoms with E-state index in [0.29, 0.717) is 19.5 Å². The second-order valence-electron chi connectivity index (χ2n) is 5.05. The molecule has 2 amide bonds. The lowest BCUT2D eigenvalue weighted by atomic mass is 10.1. The summed E-state index contributed by atoms with van der Waals surface area (Å²) in [6.07, 6.45) is 0.678. The van der Waals surface area contributed by atoms with Gasteiger partial charge in [-0.25, -0.2) is 4.79 Å². The first-order chi connectivity index (χ1) is 10.7. The SMILES string of the molecule is CC(CCO)CNC(=O)NCc1nnc(-c2ccccc2)s1. The van der Waals surface area contributed by atoms with E-state index in [1.165, 1.54) is 11.3 Å². The molecule has 2 rings (SSSR count). The maximum absolute atomic E-state index is 11.7. The quantitative estimate of drug-likeness (QED) is 0.728. The van der Waals surface area contributed by atoms with Crippen LogP contribution in [0.15, 0.2) is 30.3 Å². The highest BCUT2D eigenvalue weighted by Crippen LogP contribution is 2.22. The van der Waals surface area contributed by atoms with E-state index in [1.54, 1.807) is 0 Å². The van der Waals surface area contributed by atoms with Crippen LogP contribution >= 0.6 is 11.3 Å². The lowest BCUT2D eigenvalue weighted by Gasteiger charge is -2.11. The molecule has 0 saturated carbocycles. The molecular weight excluding hydrogens is 300 g/mol. The third-order valence-corrected chi connectivity index (χ3v) is 4.09. The zero-order valence-corrected chi connectivity index (χ0v) is 13.3. The third-order valence-electron chi connectivity index (χ3n) is 3.12. The van der Waals surface area contributed by atoms with Gasteiger partial charge in [-0.1, -0.05) is 48.6 Å². The first kappa shape index (κ1) is 16.4. The Morgan fingerprint density at radius 1 is 1.27 bits per heavy atom. The number of amides is 2. The minimum atomic E-state index is -0.235. The van der Waals surface area contributed by atoms with Gasteiger partial charge in [0.25, 0.3) is 0 Å². The van der Waals surface area contributed by atoms with Crippen molar-refractivity contribution in [3.8, 4) is 10.6 Å². The van der Waals surface area contributed by atoms with Gasteiger partial charge >= 0.3 is 6.03 Å². The predicted molar refractivity (Wildman–Crippen MR) is 86.5 cm³/mol. The van der Waals surface area contributed by atoms with Gasteiger partial charge in [0.15, 0.2) is 0 Å². The van der Waals surface area contributed by atoms with Gasteiger partial charge in [0.2, 0.25) is 0 Å². The van der Waals surface area contributed by atoms with Gasteiger partial charge in [0.1, 0.15) is 10.0 Å². The van der Waals surface area contributed by atoms with E-state index >= 15 is 0 Å². The van der Waals surface area contributed by atoms with Gasteiger partial charge in [0, 0.05) is 18.7 Å². The molecule has 0 saturated heterocycles. The van der Waals surface area contributed by atoms with E-state index in [1.807, 2.05) is 37.3 Å². The maximum Gasteiger partial charge on any atom is 0.315 e. The second kappa shape index (κ2) is 8.45. The Hall–Kier alpha value is -1.99. The van der Waals surface area contributed by atoms with Gasteiger partial charge < -0.3 is 15.7 Å². The molecule has 0 aliphatic carbocycles. The first-order valence-corrected chi connectivity index (χ1v) is 8.01. The van der Waals surface area contributed by atoms with E-state index in [-0.39, 0.29) is 18.6 Å². The molecule has 1 aromatic heterocycles. The van der Waals surface area contributed by atoms with Crippen LogP contribution in [0.5, 0.6) is 0 Å². The molecule has 0 aliphatic heterocycles. The highest BCUT2D eigenvalue weighted by molar-refractivity contribution is 7.14. The molecule has 3 N–H and O–H groups in total. The van der Waals surface area contributed by atoms with Crippen LogP contribution in [0.1, 0.15) is 18.4 Å². The molecule has 0 fully saturated rings. The van der Waals surface area contributed by atoms with Crippen LogP contribution in [0.3, 0.4) is 0 Å². The topological polar surface area (TPSA) is 87.1 Å². The van der Waals surface area contributed by atoms with Crippen molar-refractivity contribution < 1.29 is 9.90 Å². The molecule has 0 radical (unpaired) electrons. The van der Waals surface area contributed by atoms with Crippen LogP contribution in [0.25, 0.3) is 10.6 Å². The number of hydrogen-bond donors (Lipinski definition) is 3.